The summed E-state index contributed by atoms with van der Waals surface area (Å²) in [6, 6.07) is 14.5. The van der Waals surface area contributed by atoms with Gasteiger partial charge in [-0.1, -0.05) is 69.7 Å². The number of likely N-dealkylation sites (tertiary alicyclic amines) is 1. The first kappa shape index (κ1) is 28.5. The summed E-state index contributed by atoms with van der Waals surface area (Å²) in [5.41, 5.74) is 0.781. The van der Waals surface area contributed by atoms with Gasteiger partial charge in [-0.2, -0.15) is 0 Å². The fourth-order valence-corrected chi connectivity index (χ4v) is 7.89. The highest BCUT2D eigenvalue weighted by Crippen LogP contribution is 2.61. The molecule has 0 radical (unpaired) electrons. The lowest BCUT2D eigenvalue weighted by Gasteiger charge is -2.39. The van der Waals surface area contributed by atoms with Crippen molar-refractivity contribution in [3.8, 4) is 0 Å². The summed E-state index contributed by atoms with van der Waals surface area (Å²) in [6.07, 6.45) is 1.31. The molecule has 0 saturated carbocycles. The average molecular weight is 639 g/mol. The van der Waals surface area contributed by atoms with E-state index in [4.69, 9.17) is 9.47 Å². The van der Waals surface area contributed by atoms with Gasteiger partial charge in [-0.15, -0.1) is 11.7 Å². The molecule has 0 aliphatic carbocycles. The fraction of sp³-hybridized carbons (Fsp3) is 0.433. The van der Waals surface area contributed by atoms with Gasteiger partial charge in [0.2, 0.25) is 11.8 Å². The van der Waals surface area contributed by atoms with Crippen LogP contribution in [0.5, 0.6) is 0 Å². The van der Waals surface area contributed by atoms with E-state index in [0.717, 1.165) is 5.52 Å². The van der Waals surface area contributed by atoms with E-state index >= 15 is 0 Å². The van der Waals surface area contributed by atoms with Gasteiger partial charge in [0.25, 0.3) is 0 Å². The van der Waals surface area contributed by atoms with Gasteiger partial charge in [0.15, 0.2) is 0 Å². The third kappa shape index (κ3) is 4.35. The summed E-state index contributed by atoms with van der Waals surface area (Å²) in [5.74, 6) is -3.18. The Hall–Kier alpha value is -3.61. The maximum atomic E-state index is 14.8. The second-order valence-electron chi connectivity index (χ2n) is 10.8. The Bertz CT molecular complexity index is 1520. The maximum absolute atomic E-state index is 14.8. The van der Waals surface area contributed by atoms with Gasteiger partial charge in [0.1, 0.15) is 23.8 Å². The topological polar surface area (TPSA) is 127 Å². The number of aliphatic hydroxyl groups excluding tert-OH is 1. The zero-order valence-corrected chi connectivity index (χ0v) is 24.7. The lowest BCUT2D eigenvalue weighted by Crippen LogP contribution is -2.57. The summed E-state index contributed by atoms with van der Waals surface area (Å²) >= 11 is 3.67. The first-order valence-corrected chi connectivity index (χ1v) is 14.9. The van der Waals surface area contributed by atoms with Crippen molar-refractivity contribution in [2.75, 3.05) is 19.8 Å². The highest BCUT2D eigenvalue weighted by molar-refractivity contribution is 9.09. The van der Waals surface area contributed by atoms with Crippen molar-refractivity contribution in [2.24, 2.45) is 11.8 Å². The first-order chi connectivity index (χ1) is 20.4. The number of carbonyl (C=O) groups is 3. The molecular weight excluding hydrogens is 606 g/mol. The normalized spacial score (nSPS) is 28.6. The molecule has 2 bridgehead atoms. The van der Waals surface area contributed by atoms with Crippen LogP contribution in [0.15, 0.2) is 67.3 Å². The molecule has 3 aliphatic heterocycles. The van der Waals surface area contributed by atoms with E-state index in [0.29, 0.717) is 17.5 Å². The van der Waals surface area contributed by atoms with E-state index in [1.165, 1.54) is 4.90 Å². The highest BCUT2D eigenvalue weighted by Gasteiger charge is 2.77. The van der Waals surface area contributed by atoms with Crippen LogP contribution in [-0.4, -0.2) is 90.0 Å². The molecule has 7 atom stereocenters. The number of esters is 1. The number of ether oxygens (including phenoxy) is 2. The molecule has 220 valence electrons. The predicted molar refractivity (Wildman–Crippen MR) is 155 cm³/mol. The number of carbonyl (C=O) groups excluding carboxylic acids is 3. The molecule has 11 nitrogen and oxygen atoms in total. The lowest BCUT2D eigenvalue weighted by atomic mass is 9.70. The van der Waals surface area contributed by atoms with Crippen molar-refractivity contribution in [3.63, 3.8) is 0 Å². The quantitative estimate of drug-likeness (QED) is 0.204. The second kappa shape index (κ2) is 11.2. The number of alkyl halides is 1. The summed E-state index contributed by atoms with van der Waals surface area (Å²) < 4.78 is 13.6. The fourth-order valence-electron chi connectivity index (χ4n) is 6.95. The lowest BCUT2D eigenvalue weighted by molar-refractivity contribution is -0.156. The van der Waals surface area contributed by atoms with Crippen LogP contribution in [0.1, 0.15) is 24.9 Å². The molecule has 3 aliphatic rings. The molecule has 3 aromatic rings. The molecule has 3 saturated heterocycles. The first-order valence-electron chi connectivity index (χ1n) is 14.0. The van der Waals surface area contributed by atoms with Gasteiger partial charge in [-0.05, 0) is 31.0 Å². The van der Waals surface area contributed by atoms with Crippen LogP contribution in [0, 0.1) is 11.8 Å². The molecule has 12 heteroatoms. The Morgan fingerprint density at radius 1 is 1.26 bits per heavy atom. The molecule has 2 aromatic carbocycles. The number of aliphatic hydroxyl groups is 1. The number of rotatable bonds is 10. The smallest absolute Gasteiger partial charge is 0.312 e. The molecule has 3 fully saturated rings. The van der Waals surface area contributed by atoms with Crippen LogP contribution in [0.25, 0.3) is 11.0 Å². The monoisotopic (exact) mass is 637 g/mol. The van der Waals surface area contributed by atoms with E-state index < -0.39 is 60.0 Å². The Kier molecular flexibility index (Phi) is 7.62. The molecular formula is C30H32BrN5O6. The van der Waals surface area contributed by atoms with Crippen molar-refractivity contribution in [1.82, 2.24) is 24.8 Å². The Labute approximate surface area is 251 Å². The highest BCUT2D eigenvalue weighted by atomic mass is 79.9. The van der Waals surface area contributed by atoms with Gasteiger partial charge in [0, 0.05) is 11.4 Å². The Morgan fingerprint density at radius 2 is 2.00 bits per heavy atom. The third-order valence-electron chi connectivity index (χ3n) is 8.60. The SMILES string of the molecule is C=CCN(Cn1nnc2ccccc21)C(=O)C1N([C@H](CO)c2ccccc2)C(=O)[C@@H]2[C@H](C(=O)OCC)[C@H]3OC12CC3Br. The molecule has 42 heavy (non-hydrogen) atoms. The summed E-state index contributed by atoms with van der Waals surface area (Å²) in [5, 5.41) is 19.1. The van der Waals surface area contributed by atoms with Gasteiger partial charge in [0.05, 0.1) is 42.7 Å². The second-order valence-corrected chi connectivity index (χ2v) is 12.0. The molecule has 6 rings (SSSR count). The minimum Gasteiger partial charge on any atom is -0.466 e. The zero-order chi connectivity index (χ0) is 29.6. The third-order valence-corrected chi connectivity index (χ3v) is 9.44. The van der Waals surface area contributed by atoms with E-state index in [-0.39, 0.29) is 24.6 Å². The maximum Gasteiger partial charge on any atom is 0.312 e. The van der Waals surface area contributed by atoms with Crippen molar-refractivity contribution >= 4 is 44.7 Å². The summed E-state index contributed by atoms with van der Waals surface area (Å²) in [6.45, 7) is 5.49. The van der Waals surface area contributed by atoms with Crippen LogP contribution in [0.3, 0.4) is 0 Å². The number of para-hydroxylation sites is 1. The van der Waals surface area contributed by atoms with E-state index in [1.807, 2.05) is 42.5 Å². The summed E-state index contributed by atoms with van der Waals surface area (Å²) in [7, 11) is 0. The van der Waals surface area contributed by atoms with Gasteiger partial charge in [-0.3, -0.25) is 14.4 Å². The predicted octanol–water partition coefficient (Wildman–Crippen LogP) is 2.45. The van der Waals surface area contributed by atoms with Crippen LogP contribution in [0.2, 0.25) is 0 Å². The number of amides is 2. The van der Waals surface area contributed by atoms with Crippen LogP contribution >= 0.6 is 15.9 Å². The zero-order valence-electron chi connectivity index (χ0n) is 23.1. The van der Waals surface area contributed by atoms with E-state index in [1.54, 1.807) is 34.7 Å². The number of aromatic nitrogens is 3. The van der Waals surface area contributed by atoms with Crippen LogP contribution in [-0.2, 0) is 30.5 Å². The minimum absolute atomic E-state index is 0.0439. The molecule has 2 amide bonds. The summed E-state index contributed by atoms with van der Waals surface area (Å²) in [4.78, 5) is 45.2. The Morgan fingerprint density at radius 3 is 2.71 bits per heavy atom. The van der Waals surface area contributed by atoms with Gasteiger partial charge >= 0.3 is 5.97 Å². The van der Waals surface area contributed by atoms with Gasteiger partial charge < -0.3 is 24.4 Å². The van der Waals surface area contributed by atoms with Crippen molar-refractivity contribution < 1.29 is 29.0 Å². The van der Waals surface area contributed by atoms with Crippen molar-refractivity contribution in [2.45, 2.75) is 48.6 Å². The number of nitrogens with zero attached hydrogens (tertiary/aromatic N) is 5. The molecule has 1 N–H and O–H groups in total. The largest absolute Gasteiger partial charge is 0.466 e. The Balaban J connectivity index is 1.46. The van der Waals surface area contributed by atoms with Crippen LogP contribution in [0.4, 0.5) is 0 Å². The molecule has 1 spiro atoms. The van der Waals surface area contributed by atoms with Crippen LogP contribution < -0.4 is 0 Å². The van der Waals surface area contributed by atoms with Gasteiger partial charge in [-0.25, -0.2) is 4.68 Å². The minimum atomic E-state index is -1.31. The molecule has 4 heterocycles. The average Bonchev–Trinajstić information content (AvgIpc) is 3.71. The van der Waals surface area contributed by atoms with Crippen molar-refractivity contribution in [3.05, 3.63) is 72.8 Å². The number of halogens is 1. The van der Waals surface area contributed by atoms with Crippen molar-refractivity contribution in [1.29, 1.82) is 0 Å². The molecule has 3 unspecified atom stereocenters. The van der Waals surface area contributed by atoms with E-state index in [2.05, 4.69) is 32.8 Å². The number of fused-ring (bicyclic) bond motifs is 2. The number of benzene rings is 2. The molecule has 1 aromatic heterocycles. The number of hydrogen-bond acceptors (Lipinski definition) is 8. The standard InChI is InChI=1S/C30H32BrN5O6/c1-3-14-34(17-35-21-13-9-8-12-20(21)32-33-35)28(39)26-30-15-19(31)25(42-30)23(29(40)41-4-2)24(30)27(38)36(26)22(16-37)18-10-6-5-7-11-18/h3,5-13,19,22-26,37H,1,4,14-17H2,2H3/t19?,22-,23+,24+,25+,26?,30?/m1/s1. The van der Waals surface area contributed by atoms with E-state index in [9.17, 15) is 19.5 Å². The number of hydrogen-bond donors (Lipinski definition) is 1.